The van der Waals surface area contributed by atoms with Crippen LogP contribution >= 0.6 is 0 Å². The number of piperazine rings is 1. The zero-order chi connectivity index (χ0) is 12.1. The molecular formula is C13H27N3O. The molecule has 2 fully saturated rings. The van der Waals surface area contributed by atoms with E-state index >= 15 is 0 Å². The Hall–Kier alpha value is -0.160. The number of hydrogen-bond acceptors (Lipinski definition) is 4. The summed E-state index contributed by atoms with van der Waals surface area (Å²) in [5.74, 6) is 0. The van der Waals surface area contributed by atoms with Crippen LogP contribution in [-0.2, 0) is 4.74 Å². The molecule has 0 bridgehead atoms. The minimum atomic E-state index is 0.0850. The van der Waals surface area contributed by atoms with E-state index in [4.69, 9.17) is 4.74 Å². The van der Waals surface area contributed by atoms with Gasteiger partial charge >= 0.3 is 0 Å². The summed E-state index contributed by atoms with van der Waals surface area (Å²) in [5.41, 5.74) is 0.0850. The van der Waals surface area contributed by atoms with Crippen molar-refractivity contribution in [3.05, 3.63) is 0 Å². The third-order valence-corrected chi connectivity index (χ3v) is 4.17. The van der Waals surface area contributed by atoms with Gasteiger partial charge in [-0.25, -0.2) is 0 Å². The zero-order valence-electron chi connectivity index (χ0n) is 11.4. The first-order chi connectivity index (χ1) is 8.22. The van der Waals surface area contributed by atoms with Crippen LogP contribution in [0.2, 0.25) is 0 Å². The highest BCUT2D eigenvalue weighted by Gasteiger charge is 2.30. The van der Waals surface area contributed by atoms with Crippen LogP contribution in [0.25, 0.3) is 0 Å². The quantitative estimate of drug-likeness (QED) is 0.771. The van der Waals surface area contributed by atoms with Gasteiger partial charge in [0, 0.05) is 52.9 Å². The van der Waals surface area contributed by atoms with E-state index in [2.05, 4.69) is 22.0 Å². The SMILES string of the molecule is COC1(C)CCCN(CCN2CCNCC2)C1. The van der Waals surface area contributed by atoms with E-state index in [-0.39, 0.29) is 5.60 Å². The summed E-state index contributed by atoms with van der Waals surface area (Å²) in [7, 11) is 1.85. The fraction of sp³-hybridized carbons (Fsp3) is 1.00. The largest absolute Gasteiger partial charge is 0.377 e. The molecule has 0 saturated carbocycles. The topological polar surface area (TPSA) is 27.7 Å². The summed E-state index contributed by atoms with van der Waals surface area (Å²) in [4.78, 5) is 5.13. The predicted molar refractivity (Wildman–Crippen MR) is 70.4 cm³/mol. The summed E-state index contributed by atoms with van der Waals surface area (Å²) in [6.07, 6.45) is 2.47. The van der Waals surface area contributed by atoms with Crippen LogP contribution in [0.15, 0.2) is 0 Å². The lowest BCUT2D eigenvalue weighted by Crippen LogP contribution is -2.51. The van der Waals surface area contributed by atoms with Gasteiger partial charge in [0.05, 0.1) is 5.60 Å². The molecule has 0 aromatic heterocycles. The van der Waals surface area contributed by atoms with Crippen molar-refractivity contribution in [2.24, 2.45) is 0 Å². The molecule has 0 aromatic rings. The van der Waals surface area contributed by atoms with Gasteiger partial charge < -0.3 is 10.1 Å². The predicted octanol–water partition coefficient (Wildman–Crippen LogP) is 0.393. The first kappa shape index (κ1) is 13.3. The van der Waals surface area contributed by atoms with Gasteiger partial charge in [0.2, 0.25) is 0 Å². The van der Waals surface area contributed by atoms with E-state index in [1.54, 1.807) is 0 Å². The van der Waals surface area contributed by atoms with Crippen LogP contribution in [0.1, 0.15) is 19.8 Å². The van der Waals surface area contributed by atoms with Crippen LogP contribution in [0.5, 0.6) is 0 Å². The third kappa shape index (κ3) is 3.91. The van der Waals surface area contributed by atoms with Crippen molar-refractivity contribution in [3.63, 3.8) is 0 Å². The van der Waals surface area contributed by atoms with Gasteiger partial charge in [0.1, 0.15) is 0 Å². The van der Waals surface area contributed by atoms with Gasteiger partial charge in [-0.2, -0.15) is 0 Å². The fourth-order valence-electron chi connectivity index (χ4n) is 2.88. The van der Waals surface area contributed by atoms with Crippen LogP contribution in [0.3, 0.4) is 0 Å². The molecule has 2 aliphatic rings. The molecule has 0 amide bonds. The second kappa shape index (κ2) is 6.14. The molecule has 1 N–H and O–H groups in total. The Morgan fingerprint density at radius 1 is 1.12 bits per heavy atom. The molecule has 1 atom stereocenters. The minimum Gasteiger partial charge on any atom is -0.377 e. The molecule has 0 aromatic carbocycles. The number of rotatable bonds is 4. The number of nitrogens with zero attached hydrogens (tertiary/aromatic N) is 2. The van der Waals surface area contributed by atoms with Gasteiger partial charge in [-0.05, 0) is 26.3 Å². The normalized spacial score (nSPS) is 32.8. The molecule has 4 heteroatoms. The Labute approximate surface area is 105 Å². The molecular weight excluding hydrogens is 214 g/mol. The number of likely N-dealkylation sites (tertiary alicyclic amines) is 1. The Bertz CT molecular complexity index is 231. The van der Waals surface area contributed by atoms with E-state index in [0.29, 0.717) is 0 Å². The second-order valence-corrected chi connectivity index (χ2v) is 5.63. The standard InChI is InChI=1S/C13H27N3O/c1-13(17-2)4-3-7-16(12-13)11-10-15-8-5-14-6-9-15/h14H,3-12H2,1-2H3. The highest BCUT2D eigenvalue weighted by Crippen LogP contribution is 2.23. The highest BCUT2D eigenvalue weighted by molar-refractivity contribution is 4.85. The van der Waals surface area contributed by atoms with Crippen LogP contribution < -0.4 is 5.32 Å². The maximum atomic E-state index is 5.64. The average Bonchev–Trinajstić information content (AvgIpc) is 2.38. The summed E-state index contributed by atoms with van der Waals surface area (Å²) in [6, 6.07) is 0. The van der Waals surface area contributed by atoms with Crippen LogP contribution in [0.4, 0.5) is 0 Å². The monoisotopic (exact) mass is 241 g/mol. The first-order valence-corrected chi connectivity index (χ1v) is 6.92. The lowest BCUT2D eigenvalue weighted by Gasteiger charge is -2.40. The summed E-state index contributed by atoms with van der Waals surface area (Å²) >= 11 is 0. The lowest BCUT2D eigenvalue weighted by atomic mass is 9.95. The molecule has 1 unspecified atom stereocenters. The Balaban J connectivity index is 1.71. The maximum absolute atomic E-state index is 5.64. The smallest absolute Gasteiger partial charge is 0.0777 e. The Morgan fingerprint density at radius 3 is 2.53 bits per heavy atom. The van der Waals surface area contributed by atoms with Gasteiger partial charge in [-0.1, -0.05) is 0 Å². The Kier molecular flexibility index (Phi) is 4.79. The highest BCUT2D eigenvalue weighted by atomic mass is 16.5. The van der Waals surface area contributed by atoms with E-state index < -0.39 is 0 Å². The molecule has 4 nitrogen and oxygen atoms in total. The summed E-state index contributed by atoms with van der Waals surface area (Å²) in [6.45, 7) is 11.7. The maximum Gasteiger partial charge on any atom is 0.0777 e. The van der Waals surface area contributed by atoms with E-state index in [1.165, 1.54) is 45.6 Å². The van der Waals surface area contributed by atoms with Crippen molar-refractivity contribution in [2.75, 3.05) is 59.5 Å². The fourth-order valence-corrected chi connectivity index (χ4v) is 2.88. The average molecular weight is 241 g/mol. The van der Waals surface area contributed by atoms with Crippen molar-refractivity contribution in [1.29, 1.82) is 0 Å². The molecule has 2 saturated heterocycles. The first-order valence-electron chi connectivity index (χ1n) is 6.92. The summed E-state index contributed by atoms with van der Waals surface area (Å²) < 4.78 is 5.64. The van der Waals surface area contributed by atoms with Crippen LogP contribution in [-0.4, -0.2) is 74.9 Å². The van der Waals surface area contributed by atoms with Gasteiger partial charge in [-0.3, -0.25) is 9.80 Å². The zero-order valence-corrected chi connectivity index (χ0v) is 11.4. The van der Waals surface area contributed by atoms with E-state index in [0.717, 1.165) is 19.6 Å². The molecule has 100 valence electrons. The molecule has 17 heavy (non-hydrogen) atoms. The van der Waals surface area contributed by atoms with Crippen molar-refractivity contribution in [1.82, 2.24) is 15.1 Å². The Morgan fingerprint density at radius 2 is 1.82 bits per heavy atom. The van der Waals surface area contributed by atoms with E-state index in [1.807, 2.05) is 7.11 Å². The number of piperidine rings is 1. The number of methoxy groups -OCH3 is 1. The molecule has 2 heterocycles. The van der Waals surface area contributed by atoms with Crippen molar-refractivity contribution in [2.45, 2.75) is 25.4 Å². The number of hydrogen-bond donors (Lipinski definition) is 1. The number of ether oxygens (including phenoxy) is 1. The number of nitrogens with one attached hydrogen (secondary N) is 1. The van der Waals surface area contributed by atoms with Gasteiger partial charge in [0.25, 0.3) is 0 Å². The molecule has 2 rings (SSSR count). The van der Waals surface area contributed by atoms with Crippen molar-refractivity contribution in [3.8, 4) is 0 Å². The summed E-state index contributed by atoms with van der Waals surface area (Å²) in [5, 5.41) is 3.40. The van der Waals surface area contributed by atoms with Gasteiger partial charge in [-0.15, -0.1) is 0 Å². The molecule has 2 aliphatic heterocycles. The van der Waals surface area contributed by atoms with E-state index in [9.17, 15) is 0 Å². The second-order valence-electron chi connectivity index (χ2n) is 5.63. The van der Waals surface area contributed by atoms with Gasteiger partial charge in [0.15, 0.2) is 0 Å². The lowest BCUT2D eigenvalue weighted by molar-refractivity contribution is -0.0520. The molecule has 0 spiro atoms. The molecule has 0 aliphatic carbocycles. The van der Waals surface area contributed by atoms with Crippen molar-refractivity contribution >= 4 is 0 Å². The van der Waals surface area contributed by atoms with Crippen LogP contribution in [0, 0.1) is 0 Å². The minimum absolute atomic E-state index is 0.0850. The molecule has 0 radical (unpaired) electrons. The van der Waals surface area contributed by atoms with Crippen molar-refractivity contribution < 1.29 is 4.74 Å². The third-order valence-electron chi connectivity index (χ3n) is 4.17.